The Kier molecular flexibility index (Phi) is 5.16. The first kappa shape index (κ1) is 17.6. The third-order valence-corrected chi connectivity index (χ3v) is 3.70. The van der Waals surface area contributed by atoms with E-state index in [2.05, 4.69) is 10.6 Å². The lowest BCUT2D eigenvalue weighted by molar-refractivity contribution is 0.0164. The van der Waals surface area contributed by atoms with Gasteiger partial charge in [0.25, 0.3) is 0 Å². The van der Waals surface area contributed by atoms with Crippen molar-refractivity contribution in [3.63, 3.8) is 0 Å². The van der Waals surface area contributed by atoms with E-state index in [1.165, 1.54) is 6.07 Å². The average Bonchev–Trinajstić information content (AvgIpc) is 2.40. The molecule has 0 saturated carbocycles. The van der Waals surface area contributed by atoms with Gasteiger partial charge in [0, 0.05) is 24.7 Å². The Bertz CT molecular complexity index is 560. The zero-order valence-electron chi connectivity index (χ0n) is 14.0. The van der Waals surface area contributed by atoms with Crippen molar-refractivity contribution < 1.29 is 19.7 Å². The van der Waals surface area contributed by atoms with Crippen LogP contribution in [0.5, 0.6) is 5.75 Å². The molecule has 1 saturated heterocycles. The molecule has 0 spiro atoms. The molecular weight excluding hydrogens is 296 g/mol. The summed E-state index contributed by atoms with van der Waals surface area (Å²) >= 11 is 0. The van der Waals surface area contributed by atoms with E-state index >= 15 is 0 Å². The second-order valence-electron chi connectivity index (χ2n) is 7.15. The maximum absolute atomic E-state index is 11.7. The molecule has 23 heavy (non-hydrogen) atoms. The number of aliphatic hydroxyl groups is 1. The normalized spacial score (nSPS) is 21.7. The van der Waals surface area contributed by atoms with Crippen LogP contribution in [-0.2, 0) is 11.2 Å². The van der Waals surface area contributed by atoms with Crippen LogP contribution >= 0.6 is 0 Å². The fourth-order valence-electron chi connectivity index (χ4n) is 2.67. The van der Waals surface area contributed by atoms with Gasteiger partial charge >= 0.3 is 6.09 Å². The number of carbonyl (C=O) groups is 1. The van der Waals surface area contributed by atoms with E-state index in [9.17, 15) is 15.0 Å². The van der Waals surface area contributed by atoms with Crippen molar-refractivity contribution in [2.24, 2.45) is 0 Å². The van der Waals surface area contributed by atoms with Crippen LogP contribution < -0.4 is 10.6 Å². The minimum absolute atomic E-state index is 0.0533. The number of phenolic OH excluding ortho intramolecular Hbond substituents is 1. The maximum Gasteiger partial charge on any atom is 0.412 e. The largest absolute Gasteiger partial charge is 0.508 e. The number of ether oxygens (including phenoxy) is 1. The molecule has 1 amide bonds. The monoisotopic (exact) mass is 322 g/mol. The number of aromatic hydroxyl groups is 1. The highest BCUT2D eigenvalue weighted by molar-refractivity contribution is 5.85. The van der Waals surface area contributed by atoms with Crippen molar-refractivity contribution in [2.45, 2.75) is 51.2 Å². The van der Waals surface area contributed by atoms with Gasteiger partial charge in [0.05, 0.1) is 5.60 Å². The highest BCUT2D eigenvalue weighted by Crippen LogP contribution is 2.28. The molecule has 6 heteroatoms. The average molecular weight is 322 g/mol. The summed E-state index contributed by atoms with van der Waals surface area (Å²) in [6, 6.07) is 4.88. The van der Waals surface area contributed by atoms with Crippen LogP contribution in [0.25, 0.3) is 0 Å². The number of hydrogen-bond donors (Lipinski definition) is 4. The van der Waals surface area contributed by atoms with E-state index in [0.29, 0.717) is 30.6 Å². The second kappa shape index (κ2) is 6.76. The summed E-state index contributed by atoms with van der Waals surface area (Å²) < 4.78 is 5.17. The van der Waals surface area contributed by atoms with Crippen molar-refractivity contribution in [2.75, 3.05) is 18.4 Å². The van der Waals surface area contributed by atoms with Gasteiger partial charge in [-0.2, -0.15) is 0 Å². The molecule has 1 unspecified atom stereocenters. The number of benzene rings is 1. The Morgan fingerprint density at radius 1 is 1.43 bits per heavy atom. The maximum atomic E-state index is 11.7. The summed E-state index contributed by atoms with van der Waals surface area (Å²) in [6.45, 7) is 6.78. The van der Waals surface area contributed by atoms with E-state index in [1.807, 2.05) is 0 Å². The Hall–Kier alpha value is -1.79. The number of β-amino-alcohol motifs (C(OH)–C–C–N with tert-alkyl or cyclic N) is 1. The smallest absolute Gasteiger partial charge is 0.412 e. The summed E-state index contributed by atoms with van der Waals surface area (Å²) in [4.78, 5) is 11.7. The molecule has 0 radical (unpaired) electrons. The zero-order valence-corrected chi connectivity index (χ0v) is 14.0. The number of anilines is 1. The molecule has 0 aromatic heterocycles. The van der Waals surface area contributed by atoms with Gasteiger partial charge in [0.1, 0.15) is 11.4 Å². The Labute approximate surface area is 136 Å². The van der Waals surface area contributed by atoms with Crippen molar-refractivity contribution in [1.29, 1.82) is 0 Å². The van der Waals surface area contributed by atoms with Crippen LogP contribution in [0.15, 0.2) is 18.2 Å². The van der Waals surface area contributed by atoms with Gasteiger partial charge in [0.2, 0.25) is 0 Å². The number of amides is 1. The zero-order chi connectivity index (χ0) is 17.1. The number of piperidine rings is 1. The highest BCUT2D eigenvalue weighted by atomic mass is 16.6. The molecule has 1 aromatic carbocycles. The minimum atomic E-state index is -0.837. The van der Waals surface area contributed by atoms with Crippen LogP contribution in [0.3, 0.4) is 0 Å². The van der Waals surface area contributed by atoms with Crippen molar-refractivity contribution >= 4 is 11.8 Å². The number of hydrogen-bond acceptors (Lipinski definition) is 5. The molecule has 1 atom stereocenters. The lowest BCUT2D eigenvalue weighted by Gasteiger charge is -2.33. The lowest BCUT2D eigenvalue weighted by atomic mass is 9.87. The fourth-order valence-corrected chi connectivity index (χ4v) is 2.67. The summed E-state index contributed by atoms with van der Waals surface area (Å²) in [5, 5.41) is 26.4. The summed E-state index contributed by atoms with van der Waals surface area (Å²) in [5.41, 5.74) is -0.306. The first-order chi connectivity index (χ1) is 10.7. The summed E-state index contributed by atoms with van der Waals surface area (Å²) in [5.74, 6) is 0.0533. The van der Waals surface area contributed by atoms with Gasteiger partial charge in [-0.3, -0.25) is 5.32 Å². The molecule has 4 N–H and O–H groups in total. The highest BCUT2D eigenvalue weighted by Gasteiger charge is 2.30. The third kappa shape index (κ3) is 5.41. The Morgan fingerprint density at radius 3 is 2.74 bits per heavy atom. The van der Waals surface area contributed by atoms with Crippen LogP contribution in [0, 0.1) is 0 Å². The quantitative estimate of drug-likeness (QED) is 0.686. The molecule has 2 rings (SSSR count). The number of nitrogens with one attached hydrogen (secondary N) is 2. The Balaban J connectivity index is 2.01. The standard InChI is InChI=1S/C17H26N2O4/c1-16(2,3)23-15(21)19-13-6-5-12(14(20)9-13)10-17(22)7-4-8-18-11-17/h5-6,9,18,20,22H,4,7-8,10-11H2,1-3H3,(H,19,21). The van der Waals surface area contributed by atoms with Gasteiger partial charge in [-0.05, 0) is 51.8 Å². The molecular formula is C17H26N2O4. The molecule has 1 aliphatic rings. The summed E-state index contributed by atoms with van der Waals surface area (Å²) in [7, 11) is 0. The fraction of sp³-hybridized carbons (Fsp3) is 0.588. The third-order valence-electron chi connectivity index (χ3n) is 3.70. The van der Waals surface area contributed by atoms with Crippen molar-refractivity contribution in [1.82, 2.24) is 5.32 Å². The van der Waals surface area contributed by atoms with Gasteiger partial charge < -0.3 is 20.3 Å². The molecule has 1 aromatic rings. The van der Waals surface area contributed by atoms with Crippen molar-refractivity contribution in [3.8, 4) is 5.75 Å². The minimum Gasteiger partial charge on any atom is -0.508 e. The van der Waals surface area contributed by atoms with Gasteiger partial charge in [0.15, 0.2) is 0 Å². The van der Waals surface area contributed by atoms with E-state index in [0.717, 1.165) is 13.0 Å². The molecule has 0 aliphatic carbocycles. The predicted molar refractivity (Wildman–Crippen MR) is 88.7 cm³/mol. The van der Waals surface area contributed by atoms with Crippen LogP contribution in [0.4, 0.5) is 10.5 Å². The number of rotatable bonds is 3. The van der Waals surface area contributed by atoms with Crippen molar-refractivity contribution in [3.05, 3.63) is 23.8 Å². The topological polar surface area (TPSA) is 90.8 Å². The predicted octanol–water partition coefficient (Wildman–Crippen LogP) is 2.40. The van der Waals surface area contributed by atoms with Gasteiger partial charge in [-0.25, -0.2) is 4.79 Å². The molecule has 1 aliphatic heterocycles. The Morgan fingerprint density at radius 2 is 2.17 bits per heavy atom. The molecule has 0 bridgehead atoms. The van der Waals surface area contributed by atoms with Gasteiger partial charge in [-0.1, -0.05) is 6.07 Å². The van der Waals surface area contributed by atoms with Gasteiger partial charge in [-0.15, -0.1) is 0 Å². The van der Waals surface area contributed by atoms with E-state index in [4.69, 9.17) is 4.74 Å². The molecule has 1 fully saturated rings. The first-order valence-corrected chi connectivity index (χ1v) is 7.92. The number of phenols is 1. The van der Waals surface area contributed by atoms with E-state index in [-0.39, 0.29) is 5.75 Å². The molecule has 1 heterocycles. The molecule has 128 valence electrons. The van der Waals surface area contributed by atoms with Crippen LogP contribution in [-0.4, -0.2) is 40.6 Å². The summed E-state index contributed by atoms with van der Waals surface area (Å²) in [6.07, 6.45) is 1.42. The SMILES string of the molecule is CC(C)(C)OC(=O)Nc1ccc(CC2(O)CCCNC2)c(O)c1. The lowest BCUT2D eigenvalue weighted by Crippen LogP contribution is -2.47. The van der Waals surface area contributed by atoms with E-state index < -0.39 is 17.3 Å². The number of carbonyl (C=O) groups excluding carboxylic acids is 1. The second-order valence-corrected chi connectivity index (χ2v) is 7.15. The van der Waals surface area contributed by atoms with E-state index in [1.54, 1.807) is 32.9 Å². The molecule has 6 nitrogen and oxygen atoms in total. The van der Waals surface area contributed by atoms with Crippen LogP contribution in [0.2, 0.25) is 0 Å². The van der Waals surface area contributed by atoms with Crippen LogP contribution in [0.1, 0.15) is 39.2 Å². The first-order valence-electron chi connectivity index (χ1n) is 7.92.